The van der Waals surface area contributed by atoms with E-state index in [1.165, 1.54) is 22.6 Å². The number of oxazole rings is 1. The van der Waals surface area contributed by atoms with Crippen LogP contribution in [-0.4, -0.2) is 104 Å². The van der Waals surface area contributed by atoms with Gasteiger partial charge in [-0.3, -0.25) is 39.2 Å². The van der Waals surface area contributed by atoms with E-state index in [9.17, 15) is 28.8 Å². The van der Waals surface area contributed by atoms with Gasteiger partial charge < -0.3 is 40.6 Å². The van der Waals surface area contributed by atoms with Crippen molar-refractivity contribution in [1.29, 1.82) is 0 Å². The predicted octanol–water partition coefficient (Wildman–Crippen LogP) is 9.73. The van der Waals surface area contributed by atoms with Gasteiger partial charge in [0.1, 0.15) is 28.7 Å². The molecule has 17 rings (SSSR count). The fraction of sp³-hybridized carbons (Fsp3) is 0.200. The summed E-state index contributed by atoms with van der Waals surface area (Å²) in [6.07, 6.45) is 23.2. The number of aromatic nitrogens is 16. The SMILES string of the molecule is Cc1cccnc1.Cc1cnc2[nH]c(=O)[nH]c2c1.Cc1cnc2[nH]c(=O)ccc2c1.Cc1cnc2[nH]c(=O)oc2c1.Cc1cnc2[nH]ccc2c1.Cc1cnc2[nH]ncc2c1.Cc1cnc2c(c1)CC(=O)N2.Cc1cnc2c(c1)CCC(=O)N2.Cc1cnc2c(c1)CNCC(=O)N2. The van der Waals surface area contributed by atoms with Crippen molar-refractivity contribution in [1.82, 2.24) is 85.3 Å². The summed E-state index contributed by atoms with van der Waals surface area (Å²) in [5.74, 6) is 1.75. The maximum Gasteiger partial charge on any atom is 0.418 e. The molecular formula is C70H72N20O7. The van der Waals surface area contributed by atoms with Gasteiger partial charge in [-0.15, -0.1) is 0 Å². The average Bonchev–Trinajstić information content (AvgIpc) is 1.47. The van der Waals surface area contributed by atoms with E-state index in [-0.39, 0.29) is 29.0 Å². The van der Waals surface area contributed by atoms with Crippen molar-refractivity contribution < 1.29 is 18.8 Å². The summed E-state index contributed by atoms with van der Waals surface area (Å²) in [7, 11) is 0. The number of nitrogens with one attached hydrogen (secondary N) is 10. The summed E-state index contributed by atoms with van der Waals surface area (Å²) in [6, 6.07) is 25.1. The molecule has 0 saturated heterocycles. The van der Waals surface area contributed by atoms with Crippen LogP contribution in [0, 0.1) is 62.3 Å². The average molecular weight is 1310 g/mol. The first-order valence-electron chi connectivity index (χ1n) is 30.6. The number of hydrogen-bond acceptors (Lipinski definition) is 18. The molecule has 27 nitrogen and oxygen atoms in total. The van der Waals surface area contributed by atoms with Crippen LogP contribution in [0.2, 0.25) is 0 Å². The molecule has 0 aliphatic carbocycles. The smallest absolute Gasteiger partial charge is 0.406 e. The third kappa shape index (κ3) is 20.7. The molecule has 0 unspecified atom stereocenters. The summed E-state index contributed by atoms with van der Waals surface area (Å²) in [4.78, 5) is 115. The van der Waals surface area contributed by atoms with Crippen molar-refractivity contribution >= 4 is 90.7 Å². The standard InChI is InChI=1S/C9H11N3O.C9H10N2O.C9H8N2O.C8H8N2O.C8H8N2.C7H7N3O.C7H7N3.C7H6N2O2.C6H7N/c1-6-2-7-4-10-5-8(13)12-9(7)11-3-6;2*1-6-4-7-2-3-8(12)11-9(7)10-5-6;1-5-2-6-3-7(11)10-8(6)9-4-5;1-6-4-7-2-3-9-8(7)10-5-6;1-4-2-5-6(8-3-4)10-7(11)9-5;1-5-2-6-4-9-10-7(6)8-3-5;1-4-2-5-6(8-3-4)9-7(10)11-5;1-6-3-2-4-7-5-6/h2-3,10H,4-5H2,1H3,(H,11,12,13);4-5H,2-3H2,1H3,(H,10,11,12);2-5H,1H3,(H,10,11,12);2,4H,3H2,1H3,(H,9,10,11);2-5H,1H3,(H,9,10);2-3H,1H3,(H2,8,9,10,11);2-4H,1H3,(H,8,9,10);2-3H,1H3,(H,8,9,10);2-5H,1H3. The minimum atomic E-state index is -0.460. The van der Waals surface area contributed by atoms with Gasteiger partial charge in [0.05, 0.1) is 24.7 Å². The molecule has 494 valence electrons. The van der Waals surface area contributed by atoms with E-state index in [0.717, 1.165) is 101 Å². The highest BCUT2D eigenvalue weighted by Gasteiger charge is 2.18. The second-order valence-corrected chi connectivity index (χ2v) is 22.9. The van der Waals surface area contributed by atoms with Gasteiger partial charge in [-0.2, -0.15) is 5.10 Å². The minimum Gasteiger partial charge on any atom is -0.406 e. The number of aryl methyl sites for hydroxylation is 10. The summed E-state index contributed by atoms with van der Waals surface area (Å²) >= 11 is 0. The van der Waals surface area contributed by atoms with Crippen LogP contribution in [0.5, 0.6) is 0 Å². The van der Waals surface area contributed by atoms with E-state index >= 15 is 0 Å². The molecule has 0 spiro atoms. The molecule has 0 fully saturated rings. The molecule has 0 atom stereocenters. The largest absolute Gasteiger partial charge is 0.418 e. The number of aromatic amines is 6. The highest BCUT2D eigenvalue weighted by molar-refractivity contribution is 5.98. The molecule has 10 N–H and O–H groups in total. The lowest BCUT2D eigenvalue weighted by atomic mass is 10.1. The Morgan fingerprint density at radius 3 is 1.62 bits per heavy atom. The third-order valence-electron chi connectivity index (χ3n) is 14.1. The monoisotopic (exact) mass is 1300 g/mol. The van der Waals surface area contributed by atoms with Crippen molar-refractivity contribution in [2.24, 2.45) is 0 Å². The Morgan fingerprint density at radius 1 is 0.402 bits per heavy atom. The van der Waals surface area contributed by atoms with Crippen molar-refractivity contribution in [3.63, 3.8) is 0 Å². The number of imidazole rings is 1. The molecule has 3 aliphatic heterocycles. The van der Waals surface area contributed by atoms with Gasteiger partial charge in [-0.25, -0.2) is 49.5 Å². The lowest BCUT2D eigenvalue weighted by Gasteiger charge is -2.15. The minimum absolute atomic E-state index is 0.0323. The van der Waals surface area contributed by atoms with Crippen molar-refractivity contribution in [2.45, 2.75) is 88.1 Å². The highest BCUT2D eigenvalue weighted by atomic mass is 16.4. The first-order valence-corrected chi connectivity index (χ1v) is 30.6. The number of hydrogen-bond donors (Lipinski definition) is 10. The molecule has 0 bridgehead atoms. The Bertz CT molecular complexity index is 5070. The number of pyridine rings is 10. The molecule has 0 aromatic carbocycles. The van der Waals surface area contributed by atoms with Gasteiger partial charge >= 0.3 is 11.4 Å². The number of rotatable bonds is 0. The Labute approximate surface area is 554 Å². The lowest BCUT2D eigenvalue weighted by Crippen LogP contribution is -2.23. The maximum atomic E-state index is 11.1. The Kier molecular flexibility index (Phi) is 23.3. The van der Waals surface area contributed by atoms with Gasteiger partial charge in [0.2, 0.25) is 23.3 Å². The number of amides is 3. The quantitative estimate of drug-likeness (QED) is 0.0675. The third-order valence-corrected chi connectivity index (χ3v) is 14.1. The molecule has 0 radical (unpaired) electrons. The Balaban J connectivity index is 0.000000128. The van der Waals surface area contributed by atoms with Crippen molar-refractivity contribution in [3.05, 3.63) is 251 Å². The fourth-order valence-corrected chi connectivity index (χ4v) is 9.52. The molecule has 97 heavy (non-hydrogen) atoms. The zero-order valence-electron chi connectivity index (χ0n) is 54.8. The van der Waals surface area contributed by atoms with Crippen LogP contribution in [0.1, 0.15) is 73.2 Å². The van der Waals surface area contributed by atoms with Gasteiger partial charge in [-0.05, 0) is 179 Å². The maximum absolute atomic E-state index is 11.1. The second kappa shape index (κ2) is 32.9. The van der Waals surface area contributed by atoms with E-state index in [2.05, 4.69) is 113 Å². The van der Waals surface area contributed by atoms with Crippen LogP contribution >= 0.6 is 0 Å². The molecule has 17 heterocycles. The molecular weight excluding hydrogens is 1230 g/mol. The van der Waals surface area contributed by atoms with Gasteiger partial charge in [0.15, 0.2) is 22.5 Å². The highest BCUT2D eigenvalue weighted by Crippen LogP contribution is 2.22. The van der Waals surface area contributed by atoms with E-state index in [0.29, 0.717) is 54.3 Å². The number of H-pyrrole nitrogens is 6. The number of fused-ring (bicyclic) bond motifs is 8. The normalized spacial score (nSPS) is 12.2. The van der Waals surface area contributed by atoms with Crippen LogP contribution in [-0.2, 0) is 33.8 Å². The Morgan fingerprint density at radius 2 is 0.948 bits per heavy atom. The van der Waals surface area contributed by atoms with Crippen LogP contribution in [0.4, 0.5) is 17.5 Å². The zero-order valence-corrected chi connectivity index (χ0v) is 54.8. The van der Waals surface area contributed by atoms with Gasteiger partial charge in [0.25, 0.3) is 0 Å². The van der Waals surface area contributed by atoms with E-state index in [4.69, 9.17) is 4.42 Å². The van der Waals surface area contributed by atoms with Gasteiger partial charge in [0, 0.05) is 114 Å². The molecule has 3 amide bonds. The summed E-state index contributed by atoms with van der Waals surface area (Å²) < 4.78 is 4.78. The number of anilines is 3. The van der Waals surface area contributed by atoms with Crippen LogP contribution in [0.3, 0.4) is 0 Å². The van der Waals surface area contributed by atoms with E-state index < -0.39 is 5.76 Å². The summed E-state index contributed by atoms with van der Waals surface area (Å²) in [6.45, 7) is 18.9. The molecule has 14 aromatic rings. The van der Waals surface area contributed by atoms with Crippen LogP contribution in [0.25, 0.3) is 55.5 Å². The first-order chi connectivity index (χ1) is 46.6. The summed E-state index contributed by atoms with van der Waals surface area (Å²) in [5.41, 5.74) is 17.7. The van der Waals surface area contributed by atoms with Crippen LogP contribution < -0.4 is 38.3 Å². The molecule has 14 aromatic heterocycles. The molecule has 27 heteroatoms. The topological polar surface area (TPSA) is 387 Å². The first kappa shape index (κ1) is 68.8. The van der Waals surface area contributed by atoms with E-state index in [1.54, 1.807) is 61.7 Å². The zero-order chi connectivity index (χ0) is 69.0. The van der Waals surface area contributed by atoms with Crippen LogP contribution in [0.15, 0.2) is 172 Å². The number of carbonyl (C=O) groups excluding carboxylic acids is 3. The second-order valence-electron chi connectivity index (χ2n) is 22.9. The number of carbonyl (C=O) groups is 3. The lowest BCUT2D eigenvalue weighted by molar-refractivity contribution is -0.117. The van der Waals surface area contributed by atoms with Gasteiger partial charge in [-0.1, -0.05) is 18.2 Å². The van der Waals surface area contributed by atoms with Crippen molar-refractivity contribution in [3.8, 4) is 0 Å². The summed E-state index contributed by atoms with van der Waals surface area (Å²) in [5, 5.41) is 21.0. The Hall–Kier alpha value is -12.5. The molecule has 0 saturated carbocycles. The predicted molar refractivity (Wildman–Crippen MR) is 373 cm³/mol. The fourth-order valence-electron chi connectivity index (χ4n) is 9.52. The molecule has 3 aliphatic rings. The van der Waals surface area contributed by atoms with E-state index in [1.807, 2.05) is 136 Å². The number of nitrogens with zero attached hydrogens (tertiary/aromatic N) is 10. The van der Waals surface area contributed by atoms with Crippen molar-refractivity contribution in [2.75, 3.05) is 22.5 Å².